The molecule has 0 bridgehead atoms. The Balaban J connectivity index is 1.73. The van der Waals surface area contributed by atoms with Crippen LogP contribution in [0.5, 0.6) is 0 Å². The van der Waals surface area contributed by atoms with E-state index in [-0.39, 0.29) is 11.7 Å². The molecule has 0 N–H and O–H groups in total. The molecule has 7 heteroatoms. The first-order valence-electron chi connectivity index (χ1n) is 8.94. The molecule has 0 fully saturated rings. The van der Waals surface area contributed by atoms with E-state index in [2.05, 4.69) is 10.1 Å². The summed E-state index contributed by atoms with van der Waals surface area (Å²) in [5.41, 5.74) is 3.25. The van der Waals surface area contributed by atoms with Gasteiger partial charge in [-0.3, -0.25) is 14.4 Å². The Hall–Kier alpha value is -3.06. The number of carbonyl (C=O) groups excluding carboxylic acids is 1. The van der Waals surface area contributed by atoms with Crippen LogP contribution < -0.4 is 4.90 Å². The van der Waals surface area contributed by atoms with E-state index in [1.807, 2.05) is 44.3 Å². The van der Waals surface area contributed by atoms with Crippen molar-refractivity contribution in [2.75, 3.05) is 11.4 Å². The van der Waals surface area contributed by atoms with Crippen molar-refractivity contribution in [2.24, 2.45) is 0 Å². The van der Waals surface area contributed by atoms with E-state index in [1.54, 1.807) is 21.8 Å². The first-order valence-corrected chi connectivity index (χ1v) is 9.75. The number of carbonyl (C=O) groups is 1. The van der Waals surface area contributed by atoms with Gasteiger partial charge in [-0.1, -0.05) is 29.0 Å². The largest absolute Gasteiger partial charge is 0.282 e. The van der Waals surface area contributed by atoms with Gasteiger partial charge in [-0.2, -0.15) is 5.10 Å². The quantitative estimate of drug-likeness (QED) is 0.497. The molecular formula is C21H19FN4OS. The van der Waals surface area contributed by atoms with Crippen molar-refractivity contribution in [3.63, 3.8) is 0 Å². The summed E-state index contributed by atoms with van der Waals surface area (Å²) in [7, 11) is 0. The van der Waals surface area contributed by atoms with Gasteiger partial charge in [-0.25, -0.2) is 9.37 Å². The molecule has 4 rings (SSSR count). The Labute approximate surface area is 166 Å². The molecule has 0 saturated heterocycles. The molecule has 0 aliphatic carbocycles. The number of hydrogen-bond donors (Lipinski definition) is 0. The number of aromatic nitrogens is 3. The predicted molar refractivity (Wildman–Crippen MR) is 109 cm³/mol. The molecule has 0 radical (unpaired) electrons. The number of thiazole rings is 1. The molecule has 4 aromatic rings. The highest BCUT2D eigenvalue weighted by atomic mass is 32.1. The fourth-order valence-electron chi connectivity index (χ4n) is 3.03. The summed E-state index contributed by atoms with van der Waals surface area (Å²) < 4.78 is 16.1. The zero-order valence-corrected chi connectivity index (χ0v) is 16.4. The third-order valence-electron chi connectivity index (χ3n) is 4.55. The summed E-state index contributed by atoms with van der Waals surface area (Å²) in [6.45, 7) is 4.83. The van der Waals surface area contributed by atoms with Gasteiger partial charge in [0.05, 0.1) is 16.8 Å². The lowest BCUT2D eigenvalue weighted by Crippen LogP contribution is -2.34. The molecule has 0 aliphatic rings. The number of aryl methyl sites for hydroxylation is 2. The molecule has 2 aromatic carbocycles. The minimum atomic E-state index is -0.313. The maximum absolute atomic E-state index is 13.6. The molecule has 2 heterocycles. The number of rotatable bonds is 5. The SMILES string of the molecule is Cc1ccc(C)c(C(=O)N(CCn2cccn2)c2nc3ccc(F)cc3s2)c1. The predicted octanol–water partition coefficient (Wildman–Crippen LogP) is 4.60. The Bertz CT molecular complexity index is 1140. The average Bonchev–Trinajstić information content (AvgIpc) is 3.33. The lowest BCUT2D eigenvalue weighted by molar-refractivity contribution is 0.0985. The second-order valence-electron chi connectivity index (χ2n) is 6.65. The minimum absolute atomic E-state index is 0.118. The molecule has 2 aromatic heterocycles. The van der Waals surface area contributed by atoms with Crippen molar-refractivity contribution in [2.45, 2.75) is 20.4 Å². The van der Waals surface area contributed by atoms with Gasteiger partial charge in [-0.15, -0.1) is 0 Å². The third-order valence-corrected chi connectivity index (χ3v) is 5.59. The number of fused-ring (bicyclic) bond motifs is 1. The van der Waals surface area contributed by atoms with Gasteiger partial charge in [-0.05, 0) is 49.7 Å². The minimum Gasteiger partial charge on any atom is -0.282 e. The molecule has 0 saturated carbocycles. The summed E-state index contributed by atoms with van der Waals surface area (Å²) >= 11 is 1.31. The number of amides is 1. The Kier molecular flexibility index (Phi) is 4.92. The number of halogens is 1. The zero-order chi connectivity index (χ0) is 19.7. The topological polar surface area (TPSA) is 51.0 Å². The first-order chi connectivity index (χ1) is 13.5. The van der Waals surface area contributed by atoms with Crippen LogP contribution in [-0.4, -0.2) is 27.2 Å². The lowest BCUT2D eigenvalue weighted by Gasteiger charge is -2.21. The van der Waals surface area contributed by atoms with Gasteiger partial charge in [0.25, 0.3) is 5.91 Å². The standard InChI is InChI=1S/C21H19FN4OS/c1-14-4-5-15(2)17(12-14)20(27)26(11-10-25-9-3-8-23-25)21-24-18-7-6-16(22)13-19(18)28-21/h3-9,12-13H,10-11H2,1-2H3. The van der Waals surface area contributed by atoms with Crippen LogP contribution in [0.25, 0.3) is 10.2 Å². The summed E-state index contributed by atoms with van der Waals surface area (Å²) in [5.74, 6) is -0.431. The van der Waals surface area contributed by atoms with Crippen LogP contribution in [0.3, 0.4) is 0 Å². The normalized spacial score (nSPS) is 11.1. The molecule has 1 amide bonds. The Morgan fingerprint density at radius 1 is 1.21 bits per heavy atom. The highest BCUT2D eigenvalue weighted by molar-refractivity contribution is 7.22. The first kappa shape index (κ1) is 18.3. The molecule has 28 heavy (non-hydrogen) atoms. The van der Waals surface area contributed by atoms with Crippen LogP contribution in [0.2, 0.25) is 0 Å². The van der Waals surface area contributed by atoms with Crippen LogP contribution in [0.1, 0.15) is 21.5 Å². The maximum atomic E-state index is 13.6. The van der Waals surface area contributed by atoms with Crippen molar-refractivity contribution in [1.29, 1.82) is 0 Å². The van der Waals surface area contributed by atoms with Gasteiger partial charge >= 0.3 is 0 Å². The average molecular weight is 394 g/mol. The van der Waals surface area contributed by atoms with Crippen molar-refractivity contribution in [3.8, 4) is 0 Å². The van der Waals surface area contributed by atoms with Crippen molar-refractivity contribution < 1.29 is 9.18 Å². The summed E-state index contributed by atoms with van der Waals surface area (Å²) in [6.07, 6.45) is 3.56. The Morgan fingerprint density at radius 3 is 2.86 bits per heavy atom. The van der Waals surface area contributed by atoms with Crippen LogP contribution in [0, 0.1) is 19.7 Å². The van der Waals surface area contributed by atoms with Crippen LogP contribution in [-0.2, 0) is 6.54 Å². The lowest BCUT2D eigenvalue weighted by atomic mass is 10.0. The van der Waals surface area contributed by atoms with Crippen molar-refractivity contribution >= 4 is 32.6 Å². The van der Waals surface area contributed by atoms with Crippen molar-refractivity contribution in [1.82, 2.24) is 14.8 Å². The van der Waals surface area contributed by atoms with E-state index in [4.69, 9.17) is 0 Å². The number of hydrogen-bond acceptors (Lipinski definition) is 4. The van der Waals surface area contributed by atoms with Crippen LogP contribution in [0.4, 0.5) is 9.52 Å². The smallest absolute Gasteiger partial charge is 0.260 e. The second-order valence-corrected chi connectivity index (χ2v) is 7.66. The zero-order valence-electron chi connectivity index (χ0n) is 15.6. The van der Waals surface area contributed by atoms with Crippen LogP contribution in [0.15, 0.2) is 54.9 Å². The fourth-order valence-corrected chi connectivity index (χ4v) is 4.05. The van der Waals surface area contributed by atoms with Crippen molar-refractivity contribution in [3.05, 3.63) is 77.4 Å². The monoisotopic (exact) mass is 394 g/mol. The second kappa shape index (κ2) is 7.52. The van der Waals surface area contributed by atoms with E-state index < -0.39 is 0 Å². The molecule has 0 unspecified atom stereocenters. The highest BCUT2D eigenvalue weighted by Gasteiger charge is 2.23. The van der Waals surface area contributed by atoms with Gasteiger partial charge in [0.2, 0.25) is 0 Å². The van der Waals surface area contributed by atoms with E-state index in [9.17, 15) is 9.18 Å². The van der Waals surface area contributed by atoms with E-state index >= 15 is 0 Å². The van der Waals surface area contributed by atoms with Gasteiger partial charge in [0.1, 0.15) is 5.82 Å². The van der Waals surface area contributed by atoms with E-state index in [0.717, 1.165) is 11.1 Å². The van der Waals surface area contributed by atoms with Crippen LogP contribution >= 0.6 is 11.3 Å². The molecule has 5 nitrogen and oxygen atoms in total. The van der Waals surface area contributed by atoms with E-state index in [1.165, 1.54) is 23.5 Å². The fraction of sp³-hybridized carbons (Fsp3) is 0.190. The van der Waals surface area contributed by atoms with E-state index in [0.29, 0.717) is 34.0 Å². The molecule has 0 atom stereocenters. The van der Waals surface area contributed by atoms with Gasteiger partial charge in [0.15, 0.2) is 5.13 Å². The number of benzene rings is 2. The summed E-state index contributed by atoms with van der Waals surface area (Å²) in [4.78, 5) is 19.6. The van der Waals surface area contributed by atoms with Gasteiger partial charge in [0, 0.05) is 24.5 Å². The molecule has 142 valence electrons. The summed E-state index contributed by atoms with van der Waals surface area (Å²) in [5, 5.41) is 4.77. The number of nitrogens with zero attached hydrogens (tertiary/aromatic N) is 4. The highest BCUT2D eigenvalue weighted by Crippen LogP contribution is 2.30. The molecule has 0 spiro atoms. The maximum Gasteiger partial charge on any atom is 0.260 e. The Morgan fingerprint density at radius 2 is 2.07 bits per heavy atom. The third kappa shape index (κ3) is 3.66. The molecular weight excluding hydrogens is 375 g/mol. The summed E-state index contributed by atoms with van der Waals surface area (Å²) in [6, 6.07) is 12.1. The van der Waals surface area contributed by atoms with Gasteiger partial charge < -0.3 is 0 Å². The molecule has 0 aliphatic heterocycles. The number of anilines is 1.